The van der Waals surface area contributed by atoms with Crippen LogP contribution in [0, 0.1) is 6.92 Å². The third kappa shape index (κ3) is 3.08. The highest BCUT2D eigenvalue weighted by atomic mass is 32.2. The van der Waals surface area contributed by atoms with E-state index >= 15 is 0 Å². The zero-order valence-corrected chi connectivity index (χ0v) is 15.8. The lowest BCUT2D eigenvalue weighted by Gasteiger charge is -2.08. The van der Waals surface area contributed by atoms with Crippen LogP contribution in [0.15, 0.2) is 50.5 Å². The van der Waals surface area contributed by atoms with Crippen LogP contribution in [0.25, 0.3) is 11.2 Å². The van der Waals surface area contributed by atoms with Crippen LogP contribution in [-0.2, 0) is 20.6 Å². The summed E-state index contributed by atoms with van der Waals surface area (Å²) in [5.74, 6) is 0. The van der Waals surface area contributed by atoms with Gasteiger partial charge in [0.2, 0.25) is 0 Å². The Morgan fingerprint density at radius 2 is 1.85 bits per heavy atom. The normalized spacial score (nSPS) is 11.4. The maximum Gasteiger partial charge on any atom is 0.329 e. The van der Waals surface area contributed by atoms with Crippen LogP contribution in [0.1, 0.15) is 11.1 Å². The van der Waals surface area contributed by atoms with Gasteiger partial charge in [-0.25, -0.2) is 9.78 Å². The number of aryl methyl sites for hydroxylation is 3. The summed E-state index contributed by atoms with van der Waals surface area (Å²) < 4.78 is 4.91. The van der Waals surface area contributed by atoms with Gasteiger partial charge in [0.05, 0.1) is 6.54 Å². The van der Waals surface area contributed by atoms with Gasteiger partial charge in [-0.1, -0.05) is 29.8 Å². The molecule has 1 N–H and O–H groups in total. The number of aromatic nitrogens is 7. The molecular formula is C17H17N7O2S. The number of fused-ring (bicyclic) bond motifs is 1. The van der Waals surface area contributed by atoms with E-state index in [1.165, 1.54) is 16.3 Å². The molecule has 0 saturated heterocycles. The zero-order valence-electron chi connectivity index (χ0n) is 15.0. The summed E-state index contributed by atoms with van der Waals surface area (Å²) in [4.78, 5) is 31.4. The molecule has 4 aromatic rings. The van der Waals surface area contributed by atoms with E-state index < -0.39 is 11.2 Å². The summed E-state index contributed by atoms with van der Waals surface area (Å²) in [5.41, 5.74) is 1.90. The third-order valence-corrected chi connectivity index (χ3v) is 5.33. The molecule has 0 radical (unpaired) electrons. The lowest BCUT2D eigenvalue weighted by molar-refractivity contribution is 0.719. The molecule has 0 amide bonds. The predicted molar refractivity (Wildman–Crippen MR) is 101 cm³/mol. The van der Waals surface area contributed by atoms with Gasteiger partial charge < -0.3 is 9.13 Å². The Kier molecular flexibility index (Phi) is 4.19. The number of nitrogens with zero attached hydrogens (tertiary/aromatic N) is 6. The molecule has 0 spiro atoms. The molecule has 10 heteroatoms. The molecule has 0 bridgehead atoms. The number of rotatable bonds is 4. The van der Waals surface area contributed by atoms with Crippen molar-refractivity contribution in [1.29, 1.82) is 0 Å². The third-order valence-electron chi connectivity index (χ3n) is 4.29. The standard InChI is InChI=1S/C17H17N7O2S/c1-10-4-6-11(7-5-10)8-24-12-13(23(3)15(26)20-14(12)25)19-16(24)27-17-21-18-9-22(17)2/h4-7,9H,8H2,1-3H3,(H,20,25,26). The smallest absolute Gasteiger partial charge is 0.311 e. The fourth-order valence-electron chi connectivity index (χ4n) is 2.76. The van der Waals surface area contributed by atoms with Gasteiger partial charge in [-0.3, -0.25) is 14.3 Å². The van der Waals surface area contributed by atoms with Crippen LogP contribution in [0.3, 0.4) is 0 Å². The fraction of sp³-hybridized carbons (Fsp3) is 0.235. The summed E-state index contributed by atoms with van der Waals surface area (Å²) in [6.45, 7) is 2.46. The molecule has 138 valence electrons. The van der Waals surface area contributed by atoms with E-state index in [1.807, 2.05) is 38.2 Å². The van der Waals surface area contributed by atoms with Crippen LogP contribution < -0.4 is 11.2 Å². The molecule has 9 nitrogen and oxygen atoms in total. The minimum absolute atomic E-state index is 0.334. The lowest BCUT2D eigenvalue weighted by atomic mass is 10.1. The Morgan fingerprint density at radius 1 is 1.11 bits per heavy atom. The van der Waals surface area contributed by atoms with Crippen molar-refractivity contribution in [2.24, 2.45) is 14.1 Å². The highest BCUT2D eigenvalue weighted by molar-refractivity contribution is 7.99. The van der Waals surface area contributed by atoms with Gasteiger partial charge in [-0.05, 0) is 24.2 Å². The SMILES string of the molecule is Cc1ccc(Cn2c(Sc3nncn3C)nc3c2c(=O)[nH]c(=O)n3C)cc1. The van der Waals surface area contributed by atoms with Crippen LogP contribution in [0.4, 0.5) is 0 Å². The van der Waals surface area contributed by atoms with Gasteiger partial charge in [-0.15, -0.1) is 10.2 Å². The van der Waals surface area contributed by atoms with Crippen molar-refractivity contribution in [3.05, 3.63) is 62.6 Å². The van der Waals surface area contributed by atoms with Gasteiger partial charge in [0.25, 0.3) is 5.56 Å². The molecule has 0 aliphatic heterocycles. The molecule has 0 atom stereocenters. The molecule has 0 unspecified atom stereocenters. The molecule has 0 fully saturated rings. The van der Waals surface area contributed by atoms with Crippen molar-refractivity contribution in [1.82, 2.24) is 33.9 Å². The van der Waals surface area contributed by atoms with Gasteiger partial charge in [-0.2, -0.15) is 0 Å². The average Bonchev–Trinajstić information content (AvgIpc) is 3.20. The zero-order chi connectivity index (χ0) is 19.1. The second kappa shape index (κ2) is 6.54. The summed E-state index contributed by atoms with van der Waals surface area (Å²) in [6.07, 6.45) is 1.60. The Bertz CT molecular complexity index is 1250. The number of hydrogen-bond donors (Lipinski definition) is 1. The summed E-state index contributed by atoms with van der Waals surface area (Å²) >= 11 is 1.29. The molecule has 27 heavy (non-hydrogen) atoms. The van der Waals surface area contributed by atoms with E-state index in [0.717, 1.165) is 11.1 Å². The molecule has 1 aromatic carbocycles. The first-order valence-corrected chi connectivity index (χ1v) is 9.02. The van der Waals surface area contributed by atoms with Crippen molar-refractivity contribution >= 4 is 22.9 Å². The van der Waals surface area contributed by atoms with Gasteiger partial charge in [0, 0.05) is 14.1 Å². The number of imidazole rings is 1. The van der Waals surface area contributed by atoms with Gasteiger partial charge in [0.1, 0.15) is 6.33 Å². The number of aromatic amines is 1. The van der Waals surface area contributed by atoms with Crippen molar-refractivity contribution in [2.45, 2.75) is 23.8 Å². The quantitative estimate of drug-likeness (QED) is 0.565. The molecule has 3 aromatic heterocycles. The second-order valence-electron chi connectivity index (χ2n) is 6.28. The monoisotopic (exact) mass is 383 g/mol. The van der Waals surface area contributed by atoms with E-state index in [2.05, 4.69) is 20.2 Å². The number of benzene rings is 1. The molecule has 0 aliphatic rings. The topological polar surface area (TPSA) is 103 Å². The predicted octanol–water partition coefficient (Wildman–Crippen LogP) is 1.06. The van der Waals surface area contributed by atoms with Crippen molar-refractivity contribution in [3.63, 3.8) is 0 Å². The number of nitrogens with one attached hydrogen (secondary N) is 1. The van der Waals surface area contributed by atoms with E-state index in [-0.39, 0.29) is 0 Å². The van der Waals surface area contributed by atoms with Crippen molar-refractivity contribution < 1.29 is 0 Å². The Morgan fingerprint density at radius 3 is 2.52 bits per heavy atom. The maximum atomic E-state index is 12.5. The van der Waals surface area contributed by atoms with Gasteiger partial charge >= 0.3 is 5.69 Å². The van der Waals surface area contributed by atoms with Crippen LogP contribution in [0.2, 0.25) is 0 Å². The Hall–Kier alpha value is -3.14. The molecule has 4 rings (SSSR count). The van der Waals surface area contributed by atoms with E-state index in [4.69, 9.17) is 0 Å². The lowest BCUT2D eigenvalue weighted by Crippen LogP contribution is -2.29. The highest BCUT2D eigenvalue weighted by Gasteiger charge is 2.19. The molecule has 3 heterocycles. The maximum absolute atomic E-state index is 12.5. The van der Waals surface area contributed by atoms with E-state index in [1.54, 1.807) is 22.5 Å². The highest BCUT2D eigenvalue weighted by Crippen LogP contribution is 2.27. The average molecular weight is 383 g/mol. The van der Waals surface area contributed by atoms with Crippen molar-refractivity contribution in [3.8, 4) is 0 Å². The molecule has 0 saturated carbocycles. The summed E-state index contributed by atoms with van der Waals surface area (Å²) in [6, 6.07) is 8.05. The van der Waals surface area contributed by atoms with E-state index in [0.29, 0.717) is 28.0 Å². The van der Waals surface area contributed by atoms with Gasteiger partial charge in [0.15, 0.2) is 21.5 Å². The summed E-state index contributed by atoms with van der Waals surface area (Å²) in [5, 5.41) is 9.15. The number of H-pyrrole nitrogens is 1. The Labute approximate surface area is 157 Å². The van der Waals surface area contributed by atoms with Crippen LogP contribution in [0.5, 0.6) is 0 Å². The first-order chi connectivity index (χ1) is 12.9. The number of hydrogen-bond acceptors (Lipinski definition) is 6. The summed E-state index contributed by atoms with van der Waals surface area (Å²) in [7, 11) is 3.42. The fourth-order valence-corrected chi connectivity index (χ4v) is 3.60. The first kappa shape index (κ1) is 17.3. The largest absolute Gasteiger partial charge is 0.329 e. The minimum Gasteiger partial charge on any atom is -0.311 e. The molecule has 0 aliphatic carbocycles. The van der Waals surface area contributed by atoms with Crippen molar-refractivity contribution in [2.75, 3.05) is 0 Å². The first-order valence-electron chi connectivity index (χ1n) is 8.21. The second-order valence-corrected chi connectivity index (χ2v) is 7.22. The minimum atomic E-state index is -0.498. The Balaban J connectivity index is 1.92. The molecular weight excluding hydrogens is 366 g/mol. The van der Waals surface area contributed by atoms with Crippen LogP contribution >= 0.6 is 11.8 Å². The van der Waals surface area contributed by atoms with E-state index in [9.17, 15) is 9.59 Å². The van der Waals surface area contributed by atoms with Crippen LogP contribution in [-0.4, -0.2) is 33.9 Å².